The minimum absolute atomic E-state index is 0.0578. The summed E-state index contributed by atoms with van der Waals surface area (Å²) >= 11 is 5.89. The van der Waals surface area contributed by atoms with E-state index in [0.717, 1.165) is 23.1 Å². The highest BCUT2D eigenvalue weighted by Crippen LogP contribution is 2.47. The molecule has 0 bridgehead atoms. The molecule has 11 nitrogen and oxygen atoms in total. The number of aromatic hydroxyl groups is 1. The second kappa shape index (κ2) is 10.9. The number of anilines is 2. The van der Waals surface area contributed by atoms with Gasteiger partial charge in [-0.1, -0.05) is 17.7 Å². The number of amides is 1. The molecule has 0 aliphatic carbocycles. The van der Waals surface area contributed by atoms with Crippen LogP contribution >= 0.6 is 11.6 Å². The summed E-state index contributed by atoms with van der Waals surface area (Å²) in [5.41, 5.74) is -2.50. The number of aliphatic hydroxyl groups is 1. The Balaban J connectivity index is 1.64. The molecule has 4 N–H and O–H groups in total. The Bertz CT molecular complexity index is 1800. The molecule has 3 aromatic heterocycles. The smallest absolute Gasteiger partial charge is 0.453 e. The molecule has 1 amide bonds. The number of carbonyl (C=O) groups excluding carboxylic acids is 1. The molecule has 4 heterocycles. The molecule has 0 radical (unpaired) electrons. The first-order valence-electron chi connectivity index (χ1n) is 12.7. The Kier molecular flexibility index (Phi) is 7.75. The number of nitrogens with zero attached hydrogens (tertiary/aromatic N) is 6. The lowest BCUT2D eigenvalue weighted by Gasteiger charge is -2.25. The van der Waals surface area contributed by atoms with E-state index in [1.165, 1.54) is 19.1 Å². The topological polar surface area (TPSA) is 150 Å². The highest BCUT2D eigenvalue weighted by atomic mass is 35.5. The summed E-state index contributed by atoms with van der Waals surface area (Å²) in [6.07, 6.45) is -14.3. The summed E-state index contributed by atoms with van der Waals surface area (Å²) in [7, 11) is 0. The van der Waals surface area contributed by atoms with Crippen LogP contribution in [0.5, 0.6) is 5.75 Å². The minimum Gasteiger partial charge on any atom is -0.506 e. The lowest BCUT2D eigenvalue weighted by molar-refractivity contribution is -0.284. The Morgan fingerprint density at radius 1 is 1.11 bits per heavy atom. The molecule has 0 saturated carbocycles. The van der Waals surface area contributed by atoms with Gasteiger partial charge in [0.15, 0.2) is 17.6 Å². The number of fused-ring (bicyclic) bond motifs is 2. The molecule has 0 fully saturated rings. The summed E-state index contributed by atoms with van der Waals surface area (Å²) < 4.78 is 106. The average Bonchev–Trinajstić information content (AvgIpc) is 3.53. The molecule has 240 valence electrons. The third kappa shape index (κ3) is 5.76. The van der Waals surface area contributed by atoms with Gasteiger partial charge in [-0.25, -0.2) is 24.5 Å². The molecule has 1 aromatic carbocycles. The van der Waals surface area contributed by atoms with Crippen molar-refractivity contribution in [2.45, 2.75) is 49.6 Å². The van der Waals surface area contributed by atoms with Gasteiger partial charge in [-0.3, -0.25) is 4.79 Å². The summed E-state index contributed by atoms with van der Waals surface area (Å²) in [5.74, 6) is -7.28. The average molecular weight is 667 g/mol. The van der Waals surface area contributed by atoms with Crippen molar-refractivity contribution in [2.75, 3.05) is 17.2 Å². The fourth-order valence-electron chi connectivity index (χ4n) is 4.61. The first kappa shape index (κ1) is 32.0. The van der Waals surface area contributed by atoms with Crippen LogP contribution in [0.1, 0.15) is 30.2 Å². The normalized spacial score (nSPS) is 17.8. The highest BCUT2D eigenvalue weighted by molar-refractivity contribution is 6.32. The van der Waals surface area contributed by atoms with Crippen LogP contribution in [0.25, 0.3) is 17.2 Å². The Morgan fingerprint density at radius 3 is 2.47 bits per heavy atom. The zero-order valence-corrected chi connectivity index (χ0v) is 23.2. The zero-order valence-electron chi connectivity index (χ0n) is 22.5. The van der Waals surface area contributed by atoms with Crippen molar-refractivity contribution < 1.29 is 50.1 Å². The van der Waals surface area contributed by atoms with Crippen molar-refractivity contribution >= 4 is 34.8 Å². The van der Waals surface area contributed by atoms with Crippen molar-refractivity contribution in [3.05, 3.63) is 52.6 Å². The molecule has 0 saturated heterocycles. The highest BCUT2D eigenvalue weighted by Gasteiger charge is 2.56. The van der Waals surface area contributed by atoms with Crippen LogP contribution in [-0.4, -0.2) is 76.6 Å². The van der Waals surface area contributed by atoms with E-state index >= 15 is 0 Å². The van der Waals surface area contributed by atoms with Crippen LogP contribution in [0.15, 0.2) is 30.7 Å². The lowest BCUT2D eigenvalue weighted by atomic mass is 9.77. The summed E-state index contributed by atoms with van der Waals surface area (Å²) in [5, 5.41) is 28.4. The molecule has 0 spiro atoms. The maximum atomic E-state index is 13.7. The van der Waals surface area contributed by atoms with Gasteiger partial charge in [-0.05, 0) is 31.0 Å². The van der Waals surface area contributed by atoms with Crippen LogP contribution in [0.2, 0.25) is 5.02 Å². The van der Waals surface area contributed by atoms with Crippen LogP contribution in [-0.2, 0) is 16.6 Å². The van der Waals surface area contributed by atoms with Gasteiger partial charge >= 0.3 is 18.3 Å². The predicted octanol–water partition coefficient (Wildman–Crippen LogP) is 4.66. The molecular formula is C25H19ClF8N8O3. The standard InChI is InChI=1S/C25H19ClF8N8O3/c1-22(10-2-3-11(26)14(43)6-10)16-18(35-7-15(44)24(29,30)31)39-17(40-19(16)41-21(22)45)13-8-42-20(36-9-37-42)12(38-13)4-5-23(27,28)25(32,33)34/h2-3,6,8-9,15,43-44H,4-5,7H2,1H3,(H2,35,39,40,41,45)/t15-,22+/m1/s1. The maximum Gasteiger partial charge on any atom is 0.453 e. The number of carbonyl (C=O) groups is 1. The largest absolute Gasteiger partial charge is 0.506 e. The number of nitrogens with one attached hydrogen (secondary N) is 2. The van der Waals surface area contributed by atoms with E-state index < -0.39 is 72.5 Å². The molecule has 5 rings (SSSR count). The summed E-state index contributed by atoms with van der Waals surface area (Å²) in [6.45, 7) is 0.222. The molecule has 1 aliphatic heterocycles. The fourth-order valence-corrected chi connectivity index (χ4v) is 4.72. The number of benzene rings is 1. The quantitative estimate of drug-likeness (QED) is 0.197. The first-order valence-corrected chi connectivity index (χ1v) is 13.1. The molecule has 45 heavy (non-hydrogen) atoms. The molecule has 0 unspecified atom stereocenters. The van der Waals surface area contributed by atoms with E-state index in [1.807, 2.05) is 0 Å². The second-order valence-corrected chi connectivity index (χ2v) is 10.5. The van der Waals surface area contributed by atoms with Gasteiger partial charge in [0.25, 0.3) is 0 Å². The third-order valence-corrected chi connectivity index (χ3v) is 7.43. The number of aryl methyl sites for hydroxylation is 1. The van der Waals surface area contributed by atoms with Crippen LogP contribution in [0.4, 0.5) is 46.8 Å². The number of phenolic OH excluding ortho intramolecular Hbond substituents is 1. The van der Waals surface area contributed by atoms with Gasteiger partial charge in [0.1, 0.15) is 34.8 Å². The van der Waals surface area contributed by atoms with E-state index in [0.29, 0.717) is 0 Å². The predicted molar refractivity (Wildman–Crippen MR) is 140 cm³/mol. The van der Waals surface area contributed by atoms with Gasteiger partial charge in [-0.15, -0.1) is 0 Å². The van der Waals surface area contributed by atoms with Gasteiger partial charge in [-0.2, -0.15) is 40.2 Å². The van der Waals surface area contributed by atoms with Crippen LogP contribution in [0.3, 0.4) is 0 Å². The van der Waals surface area contributed by atoms with Gasteiger partial charge in [0.05, 0.1) is 29.0 Å². The van der Waals surface area contributed by atoms with Gasteiger partial charge < -0.3 is 20.8 Å². The fraction of sp³-hybridized carbons (Fsp3) is 0.360. The van der Waals surface area contributed by atoms with E-state index in [-0.39, 0.29) is 39.0 Å². The van der Waals surface area contributed by atoms with Crippen molar-refractivity contribution in [3.8, 4) is 17.3 Å². The van der Waals surface area contributed by atoms with E-state index in [1.54, 1.807) is 0 Å². The van der Waals surface area contributed by atoms with E-state index in [9.17, 15) is 50.1 Å². The number of hydrogen-bond donors (Lipinski definition) is 4. The van der Waals surface area contributed by atoms with Crippen LogP contribution in [0, 0.1) is 0 Å². The lowest BCUT2D eigenvalue weighted by Crippen LogP contribution is -2.36. The number of hydrogen-bond acceptors (Lipinski definition) is 9. The molecule has 1 aliphatic rings. The van der Waals surface area contributed by atoms with E-state index in [4.69, 9.17) is 11.6 Å². The Hall–Kier alpha value is -4.39. The maximum absolute atomic E-state index is 13.7. The molecule has 4 aromatic rings. The minimum atomic E-state index is -5.83. The number of aliphatic hydroxyl groups excluding tert-OH is 1. The van der Waals surface area contributed by atoms with Crippen LogP contribution < -0.4 is 10.6 Å². The number of aromatic nitrogens is 6. The number of alkyl halides is 8. The monoisotopic (exact) mass is 666 g/mol. The Labute approximate surface area is 251 Å². The summed E-state index contributed by atoms with van der Waals surface area (Å²) in [4.78, 5) is 29.7. The van der Waals surface area contributed by atoms with Crippen molar-refractivity contribution in [1.82, 2.24) is 29.5 Å². The number of halogens is 9. The second-order valence-electron chi connectivity index (χ2n) is 10.1. The Morgan fingerprint density at radius 2 is 1.82 bits per heavy atom. The molecular weight excluding hydrogens is 648 g/mol. The zero-order chi connectivity index (χ0) is 33.1. The van der Waals surface area contributed by atoms with Crippen molar-refractivity contribution in [1.29, 1.82) is 0 Å². The van der Waals surface area contributed by atoms with Crippen molar-refractivity contribution in [2.24, 2.45) is 0 Å². The van der Waals surface area contributed by atoms with Crippen molar-refractivity contribution in [3.63, 3.8) is 0 Å². The van der Waals surface area contributed by atoms with Gasteiger partial charge in [0.2, 0.25) is 5.91 Å². The van der Waals surface area contributed by atoms with E-state index in [2.05, 4.69) is 35.7 Å². The molecule has 20 heteroatoms. The number of rotatable bonds is 8. The molecule has 2 atom stereocenters. The SMILES string of the molecule is C[C@@]1(c2ccc(Cl)c(O)c2)C(=O)Nc2nc(-c3cn4ncnc4c(CCC(F)(F)C(F)(F)F)n3)nc(NC[C@@H](O)C(F)(F)F)c21. The third-order valence-electron chi connectivity index (χ3n) is 7.11. The van der Waals surface area contributed by atoms with Gasteiger partial charge in [0, 0.05) is 6.42 Å². The summed E-state index contributed by atoms with van der Waals surface area (Å²) in [6, 6.07) is 3.81. The first-order chi connectivity index (χ1) is 20.8. The number of phenols is 1.